The van der Waals surface area contributed by atoms with Crippen LogP contribution in [0.1, 0.15) is 6.42 Å². The van der Waals surface area contributed by atoms with E-state index in [1.54, 1.807) is 0 Å². The van der Waals surface area contributed by atoms with Gasteiger partial charge in [0.1, 0.15) is 6.10 Å². The highest BCUT2D eigenvalue weighted by Gasteiger charge is 2.68. The third kappa shape index (κ3) is 0.430. The molecule has 4 rings (SSSR count). The summed E-state index contributed by atoms with van der Waals surface area (Å²) >= 11 is 0. The summed E-state index contributed by atoms with van der Waals surface area (Å²) in [5.41, 5.74) is 0. The Morgan fingerprint density at radius 2 is 2.25 bits per heavy atom. The van der Waals surface area contributed by atoms with Crippen LogP contribution in [0.15, 0.2) is 0 Å². The van der Waals surface area contributed by atoms with Crippen molar-refractivity contribution in [3.05, 3.63) is 0 Å². The topological polar surface area (TPSA) is 35.5 Å². The number of hydrogen-bond acceptors (Lipinski definition) is 3. The normalized spacial score (nSPS) is 65.2. The van der Waals surface area contributed by atoms with Gasteiger partial charge in [0.15, 0.2) is 12.1 Å². The van der Waals surface area contributed by atoms with Crippen molar-refractivity contribution >= 4 is 5.78 Å². The second kappa shape index (κ2) is 1.61. The van der Waals surface area contributed by atoms with E-state index in [-0.39, 0.29) is 18.3 Å². The molecule has 2 saturated carbocycles. The number of carbonyl (C=O) groups is 1. The molecule has 2 aliphatic carbocycles. The molecular formula is C9H10O3. The quantitative estimate of drug-likeness (QED) is 0.515. The van der Waals surface area contributed by atoms with Gasteiger partial charge >= 0.3 is 0 Å². The van der Waals surface area contributed by atoms with E-state index in [1.165, 1.54) is 0 Å². The zero-order valence-corrected chi connectivity index (χ0v) is 6.60. The fourth-order valence-corrected chi connectivity index (χ4v) is 3.68. The van der Waals surface area contributed by atoms with Crippen LogP contribution in [-0.4, -0.2) is 24.8 Å². The molecule has 3 nitrogen and oxygen atoms in total. The van der Waals surface area contributed by atoms with E-state index in [2.05, 4.69) is 0 Å². The van der Waals surface area contributed by atoms with Gasteiger partial charge in [0.25, 0.3) is 0 Å². The van der Waals surface area contributed by atoms with Crippen molar-refractivity contribution < 1.29 is 14.3 Å². The summed E-state index contributed by atoms with van der Waals surface area (Å²) < 4.78 is 11.1. The Bertz CT molecular complexity index is 273. The fourth-order valence-electron chi connectivity index (χ4n) is 3.68. The largest absolute Gasteiger partial charge is 0.352 e. The fraction of sp³-hybridized carbons (Fsp3) is 0.889. The van der Waals surface area contributed by atoms with Gasteiger partial charge < -0.3 is 9.47 Å². The number of rotatable bonds is 0. The highest BCUT2D eigenvalue weighted by Crippen LogP contribution is 2.60. The van der Waals surface area contributed by atoms with Crippen molar-refractivity contribution in [2.75, 3.05) is 6.61 Å². The minimum Gasteiger partial charge on any atom is -0.352 e. The Labute approximate surface area is 70.0 Å². The van der Waals surface area contributed by atoms with Crippen LogP contribution in [-0.2, 0) is 14.3 Å². The van der Waals surface area contributed by atoms with Crippen LogP contribution in [0.3, 0.4) is 0 Å². The zero-order chi connectivity index (χ0) is 7.87. The first-order valence-electron chi connectivity index (χ1n) is 4.67. The highest BCUT2D eigenvalue weighted by atomic mass is 16.7. The summed E-state index contributed by atoms with van der Waals surface area (Å²) in [4.78, 5) is 11.6. The van der Waals surface area contributed by atoms with Crippen LogP contribution in [0.5, 0.6) is 0 Å². The second-order valence-corrected chi connectivity index (χ2v) is 4.41. The van der Waals surface area contributed by atoms with Crippen LogP contribution >= 0.6 is 0 Å². The molecule has 0 amide bonds. The molecule has 4 fully saturated rings. The van der Waals surface area contributed by atoms with Gasteiger partial charge in [0, 0.05) is 23.7 Å². The van der Waals surface area contributed by atoms with E-state index < -0.39 is 0 Å². The molecule has 64 valence electrons. The summed E-state index contributed by atoms with van der Waals surface area (Å²) in [5, 5.41) is 0. The van der Waals surface area contributed by atoms with Crippen molar-refractivity contribution in [2.24, 2.45) is 23.7 Å². The third-order valence-electron chi connectivity index (χ3n) is 4.11. The molecule has 12 heavy (non-hydrogen) atoms. The summed E-state index contributed by atoms with van der Waals surface area (Å²) in [5.74, 6) is 2.24. The Hall–Kier alpha value is -0.410. The SMILES string of the molecule is O=C1C2CC3C1OC1OCC2C13. The van der Waals surface area contributed by atoms with Crippen molar-refractivity contribution in [2.45, 2.75) is 18.8 Å². The lowest BCUT2D eigenvalue weighted by Crippen LogP contribution is -2.33. The second-order valence-electron chi connectivity index (χ2n) is 4.41. The van der Waals surface area contributed by atoms with Crippen molar-refractivity contribution in [1.29, 1.82) is 0 Å². The molecule has 4 aliphatic rings. The Balaban J connectivity index is 1.92. The van der Waals surface area contributed by atoms with Gasteiger partial charge in [0.05, 0.1) is 6.61 Å². The molecule has 0 N–H and O–H groups in total. The average molecular weight is 166 g/mol. The maximum atomic E-state index is 11.6. The molecular weight excluding hydrogens is 156 g/mol. The zero-order valence-electron chi connectivity index (χ0n) is 6.60. The minimum atomic E-state index is -0.0819. The lowest BCUT2D eigenvalue weighted by Gasteiger charge is -2.20. The first-order valence-corrected chi connectivity index (χ1v) is 4.67. The molecule has 0 aromatic rings. The van der Waals surface area contributed by atoms with Gasteiger partial charge in [-0.1, -0.05) is 0 Å². The first-order chi connectivity index (χ1) is 5.86. The molecule has 6 unspecified atom stereocenters. The van der Waals surface area contributed by atoms with Gasteiger partial charge in [-0.3, -0.25) is 4.79 Å². The molecule has 0 radical (unpaired) electrons. The first kappa shape index (κ1) is 6.11. The van der Waals surface area contributed by atoms with Gasteiger partial charge in [-0.05, 0) is 6.42 Å². The minimum absolute atomic E-state index is 0.0264. The maximum absolute atomic E-state index is 11.6. The van der Waals surface area contributed by atoms with Crippen molar-refractivity contribution in [1.82, 2.24) is 0 Å². The summed E-state index contributed by atoms with van der Waals surface area (Å²) in [7, 11) is 0. The number of Topliss-reactive ketones (excluding diaryl/α,β-unsaturated/α-hetero) is 1. The van der Waals surface area contributed by atoms with Crippen LogP contribution in [0, 0.1) is 23.7 Å². The van der Waals surface area contributed by atoms with Gasteiger partial charge in [0.2, 0.25) is 0 Å². The number of carbonyl (C=O) groups excluding carboxylic acids is 1. The molecule has 3 heteroatoms. The molecule has 0 aromatic heterocycles. The highest BCUT2D eigenvalue weighted by molar-refractivity contribution is 5.90. The number of hydrogen-bond donors (Lipinski definition) is 0. The Morgan fingerprint density at radius 3 is 3.17 bits per heavy atom. The van der Waals surface area contributed by atoms with E-state index in [1.807, 2.05) is 0 Å². The van der Waals surface area contributed by atoms with Crippen LogP contribution < -0.4 is 0 Å². The predicted molar refractivity (Wildman–Crippen MR) is 38.2 cm³/mol. The van der Waals surface area contributed by atoms with E-state index in [0.29, 0.717) is 23.5 Å². The number of ketones is 1. The lowest BCUT2D eigenvalue weighted by molar-refractivity contribution is -0.151. The molecule has 2 bridgehead atoms. The Kier molecular flexibility index (Phi) is 0.820. The molecule has 2 heterocycles. The van der Waals surface area contributed by atoms with Crippen LogP contribution in [0.2, 0.25) is 0 Å². The van der Waals surface area contributed by atoms with Crippen LogP contribution in [0.4, 0.5) is 0 Å². The van der Waals surface area contributed by atoms with Crippen molar-refractivity contribution in [3.8, 4) is 0 Å². The van der Waals surface area contributed by atoms with Gasteiger partial charge in [-0.25, -0.2) is 0 Å². The summed E-state index contributed by atoms with van der Waals surface area (Å²) in [6.45, 7) is 0.759. The number of ether oxygens (including phenoxy) is 2. The average Bonchev–Trinajstić information content (AvgIpc) is 2.68. The molecule has 2 aliphatic heterocycles. The summed E-state index contributed by atoms with van der Waals surface area (Å²) in [6.07, 6.45) is 0.974. The van der Waals surface area contributed by atoms with E-state index >= 15 is 0 Å². The summed E-state index contributed by atoms with van der Waals surface area (Å²) in [6, 6.07) is 0. The smallest absolute Gasteiger partial charge is 0.165 e. The molecule has 0 spiro atoms. The number of fused-ring (bicyclic) bond motifs is 2. The van der Waals surface area contributed by atoms with Crippen molar-refractivity contribution in [3.63, 3.8) is 0 Å². The van der Waals surface area contributed by atoms with Gasteiger partial charge in [-0.15, -0.1) is 0 Å². The third-order valence-corrected chi connectivity index (χ3v) is 4.11. The van der Waals surface area contributed by atoms with Crippen LogP contribution in [0.25, 0.3) is 0 Å². The maximum Gasteiger partial charge on any atom is 0.165 e. The molecule has 6 atom stereocenters. The van der Waals surface area contributed by atoms with E-state index in [0.717, 1.165) is 13.0 Å². The van der Waals surface area contributed by atoms with E-state index in [4.69, 9.17) is 9.47 Å². The van der Waals surface area contributed by atoms with E-state index in [9.17, 15) is 4.79 Å². The standard InChI is InChI=1S/C9H10O3/c10-7-3-1-4-6-5(3)2-11-9(6)12-8(4)7/h3-6,8-9H,1-2H2. The Morgan fingerprint density at radius 1 is 1.33 bits per heavy atom. The predicted octanol–water partition coefficient (Wildman–Crippen LogP) is 0.193. The molecule has 2 saturated heterocycles. The monoisotopic (exact) mass is 166 g/mol. The molecule has 0 aromatic carbocycles. The van der Waals surface area contributed by atoms with Gasteiger partial charge in [-0.2, -0.15) is 0 Å². The lowest BCUT2D eigenvalue weighted by atomic mass is 9.81.